The molecule has 3 saturated carbocycles. The Morgan fingerprint density at radius 3 is 2.73 bits per heavy atom. The van der Waals surface area contributed by atoms with Crippen molar-refractivity contribution in [2.75, 3.05) is 0 Å². The Balaban J connectivity index is 1.73. The maximum Gasteiger partial charge on any atom is 0.155 e. The van der Waals surface area contributed by atoms with E-state index in [9.17, 15) is 9.90 Å². The summed E-state index contributed by atoms with van der Waals surface area (Å²) in [5.41, 5.74) is 1.60. The number of ketones is 1. The maximum absolute atomic E-state index is 11.9. The highest BCUT2D eigenvalue weighted by molar-refractivity contribution is 7.81. The summed E-state index contributed by atoms with van der Waals surface area (Å²) in [4.78, 5) is 11.9. The first-order valence-electron chi connectivity index (χ1n) is 8.97. The molecule has 0 radical (unpaired) electrons. The third-order valence-electron chi connectivity index (χ3n) is 7.93. The van der Waals surface area contributed by atoms with Gasteiger partial charge in [-0.05, 0) is 78.8 Å². The predicted octanol–water partition coefficient (Wildman–Crippen LogP) is 3.79. The average Bonchev–Trinajstić information content (AvgIpc) is 2.77. The molecule has 7 atom stereocenters. The van der Waals surface area contributed by atoms with Crippen LogP contribution in [0.15, 0.2) is 11.6 Å². The van der Waals surface area contributed by atoms with E-state index in [0.29, 0.717) is 30.0 Å². The molecule has 2 nitrogen and oxygen atoms in total. The molecule has 0 aromatic carbocycles. The van der Waals surface area contributed by atoms with Gasteiger partial charge in [0.1, 0.15) is 0 Å². The van der Waals surface area contributed by atoms with E-state index in [4.69, 9.17) is 12.6 Å². The summed E-state index contributed by atoms with van der Waals surface area (Å²) in [7, 11) is 0. The van der Waals surface area contributed by atoms with E-state index < -0.39 is 0 Å². The number of thiol groups is 1. The van der Waals surface area contributed by atoms with E-state index in [-0.39, 0.29) is 22.2 Å². The standard InChI is InChI=1S/C19H28O2S/c1-18-7-5-11(20)9-15(18)16(22)10-12-13-3-4-17(21)19(13,2)8-6-14(12)18/h9,12-14,16-17,21-22H,3-8,10H2,1-2H3/t12-,13-,14-,16+,17-,18+,19-/m0/s1. The van der Waals surface area contributed by atoms with Crippen LogP contribution in [0.4, 0.5) is 0 Å². The van der Waals surface area contributed by atoms with Crippen molar-refractivity contribution in [3.05, 3.63) is 11.6 Å². The number of aliphatic hydroxyl groups excluding tert-OH is 1. The summed E-state index contributed by atoms with van der Waals surface area (Å²) in [6.07, 6.45) is 9.10. The van der Waals surface area contributed by atoms with Gasteiger partial charge in [0.25, 0.3) is 0 Å². The van der Waals surface area contributed by atoms with Crippen LogP contribution in [0.2, 0.25) is 0 Å². The summed E-state index contributed by atoms with van der Waals surface area (Å²) in [6.45, 7) is 4.70. The van der Waals surface area contributed by atoms with Crippen LogP contribution in [-0.4, -0.2) is 22.2 Å². The number of hydrogen-bond acceptors (Lipinski definition) is 3. The molecule has 0 spiro atoms. The molecule has 0 aliphatic heterocycles. The Hall–Kier alpha value is -0.280. The molecule has 0 amide bonds. The number of fused-ring (bicyclic) bond motifs is 5. The van der Waals surface area contributed by atoms with Crippen LogP contribution in [0, 0.1) is 28.6 Å². The predicted molar refractivity (Wildman–Crippen MR) is 90.9 cm³/mol. The lowest BCUT2D eigenvalue weighted by Gasteiger charge is -2.59. The molecular weight excluding hydrogens is 292 g/mol. The molecule has 22 heavy (non-hydrogen) atoms. The molecule has 0 aromatic rings. The van der Waals surface area contributed by atoms with Gasteiger partial charge in [-0.25, -0.2) is 0 Å². The van der Waals surface area contributed by atoms with Gasteiger partial charge < -0.3 is 5.11 Å². The number of carbonyl (C=O) groups excluding carboxylic acids is 1. The van der Waals surface area contributed by atoms with Crippen LogP contribution in [0.25, 0.3) is 0 Å². The largest absolute Gasteiger partial charge is 0.393 e. The van der Waals surface area contributed by atoms with Crippen molar-refractivity contribution >= 4 is 18.4 Å². The van der Waals surface area contributed by atoms with Crippen LogP contribution < -0.4 is 0 Å². The van der Waals surface area contributed by atoms with Crippen molar-refractivity contribution < 1.29 is 9.90 Å². The fourth-order valence-corrected chi connectivity index (χ4v) is 7.19. The van der Waals surface area contributed by atoms with Gasteiger partial charge >= 0.3 is 0 Å². The molecule has 0 heterocycles. The molecule has 3 heteroatoms. The third-order valence-corrected chi connectivity index (χ3v) is 8.42. The highest BCUT2D eigenvalue weighted by Gasteiger charge is 2.60. The summed E-state index contributed by atoms with van der Waals surface area (Å²) in [5, 5.41) is 10.7. The summed E-state index contributed by atoms with van der Waals surface area (Å²) in [5.74, 6) is 2.29. The molecule has 0 saturated heterocycles. The molecule has 122 valence electrons. The fraction of sp³-hybridized carbons (Fsp3) is 0.842. The minimum atomic E-state index is -0.116. The maximum atomic E-state index is 11.9. The van der Waals surface area contributed by atoms with E-state index in [1.807, 2.05) is 6.08 Å². The van der Waals surface area contributed by atoms with E-state index in [0.717, 1.165) is 25.7 Å². The third kappa shape index (κ3) is 1.87. The Labute approximate surface area is 139 Å². The van der Waals surface area contributed by atoms with E-state index in [1.54, 1.807) is 0 Å². The molecule has 1 N–H and O–H groups in total. The van der Waals surface area contributed by atoms with Crippen molar-refractivity contribution in [2.45, 2.75) is 70.1 Å². The summed E-state index contributed by atoms with van der Waals surface area (Å²) < 4.78 is 0. The zero-order valence-corrected chi connectivity index (χ0v) is 14.6. The molecule has 4 aliphatic rings. The van der Waals surface area contributed by atoms with Gasteiger partial charge in [0.2, 0.25) is 0 Å². The molecule has 0 bridgehead atoms. The van der Waals surface area contributed by atoms with Crippen molar-refractivity contribution in [3.63, 3.8) is 0 Å². The monoisotopic (exact) mass is 320 g/mol. The van der Waals surface area contributed by atoms with Crippen LogP contribution in [0.3, 0.4) is 0 Å². The molecule has 0 unspecified atom stereocenters. The molecule has 4 aliphatic carbocycles. The van der Waals surface area contributed by atoms with Crippen LogP contribution >= 0.6 is 12.6 Å². The number of carbonyl (C=O) groups is 1. The topological polar surface area (TPSA) is 37.3 Å². The first kappa shape index (κ1) is 15.3. The zero-order chi connectivity index (χ0) is 15.7. The first-order valence-corrected chi connectivity index (χ1v) is 9.49. The Morgan fingerprint density at radius 1 is 1.18 bits per heavy atom. The second-order valence-electron chi connectivity index (χ2n) is 8.75. The van der Waals surface area contributed by atoms with Crippen molar-refractivity contribution in [2.24, 2.45) is 28.6 Å². The van der Waals surface area contributed by atoms with Crippen LogP contribution in [0.5, 0.6) is 0 Å². The van der Waals surface area contributed by atoms with E-state index in [1.165, 1.54) is 18.4 Å². The SMILES string of the molecule is C[C@]12CC[C@H]3[C@@H](C[C@@H](S)C4=CC(=O)CC[C@@]43C)[C@@H]1CC[C@@H]2O. The second kappa shape index (κ2) is 4.86. The Bertz CT molecular complexity index is 542. The Kier molecular flexibility index (Phi) is 3.37. The number of aliphatic hydroxyl groups is 1. The minimum absolute atomic E-state index is 0.116. The normalized spacial score (nSPS) is 54.3. The lowest BCUT2D eigenvalue weighted by Crippen LogP contribution is -2.53. The zero-order valence-electron chi connectivity index (χ0n) is 13.7. The molecule has 3 fully saturated rings. The van der Waals surface area contributed by atoms with Crippen molar-refractivity contribution in [3.8, 4) is 0 Å². The highest BCUT2D eigenvalue weighted by Crippen LogP contribution is 2.65. The first-order chi connectivity index (χ1) is 10.4. The highest BCUT2D eigenvalue weighted by atomic mass is 32.1. The van der Waals surface area contributed by atoms with Gasteiger partial charge in [0, 0.05) is 11.7 Å². The van der Waals surface area contributed by atoms with Crippen molar-refractivity contribution in [1.82, 2.24) is 0 Å². The fourth-order valence-electron chi connectivity index (χ4n) is 6.58. The lowest BCUT2D eigenvalue weighted by atomic mass is 9.47. The van der Waals surface area contributed by atoms with E-state index >= 15 is 0 Å². The minimum Gasteiger partial charge on any atom is -0.393 e. The summed E-state index contributed by atoms with van der Waals surface area (Å²) in [6, 6.07) is 0. The van der Waals surface area contributed by atoms with Gasteiger partial charge in [-0.15, -0.1) is 0 Å². The Morgan fingerprint density at radius 2 is 1.95 bits per heavy atom. The van der Waals surface area contributed by atoms with Crippen LogP contribution in [0.1, 0.15) is 58.8 Å². The smallest absolute Gasteiger partial charge is 0.155 e. The summed E-state index contributed by atoms with van der Waals surface area (Å²) >= 11 is 4.89. The number of hydrogen-bond donors (Lipinski definition) is 2. The number of rotatable bonds is 0. The lowest BCUT2D eigenvalue weighted by molar-refractivity contribution is -0.117. The second-order valence-corrected chi connectivity index (χ2v) is 9.37. The molecule has 4 rings (SSSR count). The van der Waals surface area contributed by atoms with Crippen LogP contribution in [-0.2, 0) is 4.79 Å². The molecule has 0 aromatic heterocycles. The van der Waals surface area contributed by atoms with Gasteiger partial charge in [0.15, 0.2) is 5.78 Å². The quantitative estimate of drug-likeness (QED) is 0.666. The average molecular weight is 320 g/mol. The molecular formula is C19H28O2S. The van der Waals surface area contributed by atoms with Gasteiger partial charge in [-0.3, -0.25) is 4.79 Å². The van der Waals surface area contributed by atoms with Gasteiger partial charge in [-0.2, -0.15) is 12.6 Å². The van der Waals surface area contributed by atoms with Gasteiger partial charge in [-0.1, -0.05) is 13.8 Å². The van der Waals surface area contributed by atoms with E-state index in [2.05, 4.69) is 13.8 Å². The van der Waals surface area contributed by atoms with Gasteiger partial charge in [0.05, 0.1) is 6.10 Å². The van der Waals surface area contributed by atoms with Crippen molar-refractivity contribution in [1.29, 1.82) is 0 Å².